The lowest BCUT2D eigenvalue weighted by Crippen LogP contribution is -2.37. The quantitative estimate of drug-likeness (QED) is 0.576. The number of piperidine rings is 1. The van der Waals surface area contributed by atoms with Crippen LogP contribution in [0.3, 0.4) is 0 Å². The molecule has 1 saturated heterocycles. The predicted molar refractivity (Wildman–Crippen MR) is 125 cm³/mol. The highest BCUT2D eigenvalue weighted by atomic mass is 16.5. The molecule has 0 aliphatic carbocycles. The maximum Gasteiger partial charge on any atom is 0.241 e. The summed E-state index contributed by atoms with van der Waals surface area (Å²) >= 11 is 0. The Balaban J connectivity index is 1.31. The first-order chi connectivity index (χ1) is 15.9. The number of carbonyl (C=O) groups is 1. The molecule has 0 radical (unpaired) electrons. The number of methoxy groups -OCH3 is 2. The SMILES string of the molecule is COc1ccc(-c2noc(CN3CCC(C(=O)Nc4cc(C)cc(C)c4)CC3)n2)cc1OC. The van der Waals surface area contributed by atoms with Gasteiger partial charge in [0.15, 0.2) is 11.5 Å². The fraction of sp³-hybridized carbons (Fsp3) is 0.400. The molecule has 1 fully saturated rings. The summed E-state index contributed by atoms with van der Waals surface area (Å²) in [7, 11) is 3.19. The summed E-state index contributed by atoms with van der Waals surface area (Å²) in [5.74, 6) is 2.42. The van der Waals surface area contributed by atoms with Crippen molar-refractivity contribution in [2.24, 2.45) is 5.92 Å². The van der Waals surface area contributed by atoms with Crippen molar-refractivity contribution in [3.8, 4) is 22.9 Å². The van der Waals surface area contributed by atoms with Crippen molar-refractivity contribution in [2.45, 2.75) is 33.2 Å². The lowest BCUT2D eigenvalue weighted by molar-refractivity contribution is -0.121. The van der Waals surface area contributed by atoms with Gasteiger partial charge in [0.2, 0.25) is 17.6 Å². The molecule has 1 aliphatic heterocycles. The van der Waals surface area contributed by atoms with Gasteiger partial charge < -0.3 is 19.3 Å². The standard InChI is InChI=1S/C25H30N4O4/c1-16-11-17(2)13-20(12-16)26-25(30)18-7-9-29(10-8-18)15-23-27-24(28-33-23)19-5-6-21(31-3)22(14-19)32-4/h5-6,11-14,18H,7-10,15H2,1-4H3,(H,26,30). The summed E-state index contributed by atoms with van der Waals surface area (Å²) in [6, 6.07) is 11.6. The monoisotopic (exact) mass is 450 g/mol. The van der Waals surface area contributed by atoms with Crippen molar-refractivity contribution >= 4 is 11.6 Å². The van der Waals surface area contributed by atoms with E-state index in [2.05, 4.69) is 26.4 Å². The van der Waals surface area contributed by atoms with Gasteiger partial charge in [0.05, 0.1) is 20.8 Å². The van der Waals surface area contributed by atoms with Gasteiger partial charge in [0, 0.05) is 17.2 Å². The van der Waals surface area contributed by atoms with Crippen LogP contribution in [0.4, 0.5) is 5.69 Å². The van der Waals surface area contributed by atoms with E-state index in [0.717, 1.165) is 48.3 Å². The van der Waals surface area contributed by atoms with E-state index in [1.165, 1.54) is 0 Å². The molecule has 0 atom stereocenters. The number of hydrogen-bond donors (Lipinski definition) is 1. The minimum absolute atomic E-state index is 0.00655. The lowest BCUT2D eigenvalue weighted by atomic mass is 9.95. The van der Waals surface area contributed by atoms with Gasteiger partial charge in [-0.1, -0.05) is 11.2 Å². The van der Waals surface area contributed by atoms with E-state index in [0.29, 0.717) is 29.8 Å². The molecule has 1 amide bonds. The third-order valence-corrected chi connectivity index (χ3v) is 5.92. The zero-order chi connectivity index (χ0) is 23.4. The van der Waals surface area contributed by atoms with E-state index in [9.17, 15) is 4.79 Å². The molecule has 3 aromatic rings. The fourth-order valence-electron chi connectivity index (χ4n) is 4.25. The number of ether oxygens (including phenoxy) is 2. The van der Waals surface area contributed by atoms with Crippen molar-refractivity contribution in [3.63, 3.8) is 0 Å². The molecule has 0 unspecified atom stereocenters. The highest BCUT2D eigenvalue weighted by molar-refractivity contribution is 5.92. The Bertz CT molecular complexity index is 1100. The van der Waals surface area contributed by atoms with Crippen LogP contribution in [0.25, 0.3) is 11.4 Å². The predicted octanol–water partition coefficient (Wildman–Crippen LogP) is 4.22. The van der Waals surface area contributed by atoms with Crippen LogP contribution in [-0.2, 0) is 11.3 Å². The normalized spacial score (nSPS) is 14.8. The van der Waals surface area contributed by atoms with E-state index in [1.54, 1.807) is 14.2 Å². The molecule has 0 spiro atoms. The van der Waals surface area contributed by atoms with Gasteiger partial charge in [-0.25, -0.2) is 0 Å². The second-order valence-electron chi connectivity index (χ2n) is 8.50. The third-order valence-electron chi connectivity index (χ3n) is 5.92. The average Bonchev–Trinajstić information content (AvgIpc) is 3.26. The van der Waals surface area contributed by atoms with E-state index >= 15 is 0 Å². The summed E-state index contributed by atoms with van der Waals surface area (Å²) in [6.07, 6.45) is 1.60. The topological polar surface area (TPSA) is 89.7 Å². The molecule has 2 heterocycles. The molecular weight excluding hydrogens is 420 g/mol. The fourth-order valence-corrected chi connectivity index (χ4v) is 4.25. The number of nitrogens with zero attached hydrogens (tertiary/aromatic N) is 3. The second-order valence-corrected chi connectivity index (χ2v) is 8.50. The molecule has 1 aromatic heterocycles. The van der Waals surface area contributed by atoms with Gasteiger partial charge in [-0.15, -0.1) is 0 Å². The molecule has 0 bridgehead atoms. The molecule has 33 heavy (non-hydrogen) atoms. The summed E-state index contributed by atoms with van der Waals surface area (Å²) in [5.41, 5.74) is 3.96. The van der Waals surface area contributed by atoms with Crippen LogP contribution in [0.1, 0.15) is 29.9 Å². The van der Waals surface area contributed by atoms with Crippen LogP contribution in [0.15, 0.2) is 40.9 Å². The Labute approximate surface area is 193 Å². The Hall–Kier alpha value is -3.39. The first kappa shape index (κ1) is 22.8. The minimum atomic E-state index is 0.00655. The van der Waals surface area contributed by atoms with Crippen molar-refractivity contribution in [1.29, 1.82) is 0 Å². The van der Waals surface area contributed by atoms with Gasteiger partial charge in [-0.2, -0.15) is 4.98 Å². The lowest BCUT2D eigenvalue weighted by Gasteiger charge is -2.30. The van der Waals surface area contributed by atoms with Gasteiger partial charge in [0.25, 0.3) is 0 Å². The summed E-state index contributed by atoms with van der Waals surface area (Å²) in [6.45, 7) is 6.24. The molecule has 4 rings (SSSR count). The van der Waals surface area contributed by atoms with Gasteiger partial charge >= 0.3 is 0 Å². The third kappa shape index (κ3) is 5.51. The molecule has 8 nitrogen and oxygen atoms in total. The smallest absolute Gasteiger partial charge is 0.241 e. The number of carbonyl (C=O) groups excluding carboxylic acids is 1. The highest BCUT2D eigenvalue weighted by Gasteiger charge is 2.26. The maximum absolute atomic E-state index is 12.7. The van der Waals surface area contributed by atoms with Crippen molar-refractivity contribution in [2.75, 3.05) is 32.6 Å². The van der Waals surface area contributed by atoms with Crippen molar-refractivity contribution in [1.82, 2.24) is 15.0 Å². The average molecular weight is 451 g/mol. The Morgan fingerprint density at radius 2 is 1.76 bits per heavy atom. The number of amides is 1. The first-order valence-electron chi connectivity index (χ1n) is 11.1. The molecule has 0 saturated carbocycles. The Morgan fingerprint density at radius 3 is 2.42 bits per heavy atom. The van der Waals surface area contributed by atoms with Crippen LogP contribution < -0.4 is 14.8 Å². The zero-order valence-electron chi connectivity index (χ0n) is 19.6. The summed E-state index contributed by atoms with van der Waals surface area (Å²) < 4.78 is 16.1. The molecule has 8 heteroatoms. The molecule has 1 aliphatic rings. The van der Waals surface area contributed by atoms with Gasteiger partial charge in [-0.05, 0) is 81.2 Å². The second kappa shape index (κ2) is 10.0. The summed E-state index contributed by atoms with van der Waals surface area (Å²) in [5, 5.41) is 7.19. The molecular formula is C25H30N4O4. The number of benzene rings is 2. The van der Waals surface area contributed by atoms with Crippen LogP contribution in [0, 0.1) is 19.8 Å². The highest BCUT2D eigenvalue weighted by Crippen LogP contribution is 2.31. The number of aromatic nitrogens is 2. The molecule has 174 valence electrons. The van der Waals surface area contributed by atoms with Gasteiger partial charge in [-0.3, -0.25) is 9.69 Å². The largest absolute Gasteiger partial charge is 0.493 e. The number of nitrogens with one attached hydrogen (secondary N) is 1. The summed E-state index contributed by atoms with van der Waals surface area (Å²) in [4.78, 5) is 19.5. The van der Waals surface area contributed by atoms with E-state index in [1.807, 2.05) is 44.2 Å². The number of likely N-dealkylation sites (tertiary alicyclic amines) is 1. The van der Waals surface area contributed by atoms with Crippen LogP contribution >= 0.6 is 0 Å². The molecule has 2 aromatic carbocycles. The number of anilines is 1. The zero-order valence-corrected chi connectivity index (χ0v) is 19.6. The van der Waals surface area contributed by atoms with E-state index in [4.69, 9.17) is 14.0 Å². The van der Waals surface area contributed by atoms with Crippen LogP contribution in [0.2, 0.25) is 0 Å². The molecule has 1 N–H and O–H groups in total. The number of rotatable bonds is 7. The van der Waals surface area contributed by atoms with E-state index in [-0.39, 0.29) is 11.8 Å². The Morgan fingerprint density at radius 1 is 1.06 bits per heavy atom. The van der Waals surface area contributed by atoms with Crippen molar-refractivity contribution < 1.29 is 18.8 Å². The Kier molecular flexibility index (Phi) is 6.93. The van der Waals surface area contributed by atoms with E-state index < -0.39 is 0 Å². The minimum Gasteiger partial charge on any atom is -0.493 e. The van der Waals surface area contributed by atoms with Crippen LogP contribution in [-0.4, -0.2) is 48.3 Å². The van der Waals surface area contributed by atoms with Crippen molar-refractivity contribution in [3.05, 3.63) is 53.4 Å². The number of aryl methyl sites for hydroxylation is 2. The van der Waals surface area contributed by atoms with Gasteiger partial charge in [0.1, 0.15) is 0 Å². The number of hydrogen-bond acceptors (Lipinski definition) is 7. The van der Waals surface area contributed by atoms with Crippen LogP contribution in [0.5, 0.6) is 11.5 Å². The first-order valence-corrected chi connectivity index (χ1v) is 11.1. The maximum atomic E-state index is 12.7.